The fourth-order valence-corrected chi connectivity index (χ4v) is 3.68. The van der Waals surface area contributed by atoms with Crippen molar-refractivity contribution in [1.82, 2.24) is 10.3 Å². The van der Waals surface area contributed by atoms with Crippen LogP contribution in [-0.2, 0) is 11.2 Å². The minimum absolute atomic E-state index is 0.0389. The molecule has 1 aromatic heterocycles. The Bertz CT molecular complexity index is 697. The molecular weight excluding hydrogens is 344 g/mol. The molecule has 0 aliphatic rings. The van der Waals surface area contributed by atoms with Gasteiger partial charge in [0, 0.05) is 11.4 Å². The Morgan fingerprint density at radius 3 is 2.73 bits per heavy atom. The fraction of sp³-hybridized carbons (Fsp3) is 0.524. The van der Waals surface area contributed by atoms with Crippen molar-refractivity contribution < 1.29 is 9.53 Å². The smallest absolute Gasteiger partial charge is 0.226 e. The summed E-state index contributed by atoms with van der Waals surface area (Å²) in [6.45, 7) is 9.12. The van der Waals surface area contributed by atoms with E-state index in [0.29, 0.717) is 18.9 Å². The van der Waals surface area contributed by atoms with Gasteiger partial charge in [0.25, 0.3) is 0 Å². The number of amides is 1. The lowest BCUT2D eigenvalue weighted by molar-refractivity contribution is -0.121. The molecule has 0 saturated heterocycles. The summed E-state index contributed by atoms with van der Waals surface area (Å²) in [5.41, 5.74) is 1.79. The maximum Gasteiger partial charge on any atom is 0.226 e. The molecule has 1 atom stereocenters. The third-order valence-corrected chi connectivity index (χ3v) is 5.06. The number of para-hydroxylation sites is 1. The number of rotatable bonds is 10. The first-order chi connectivity index (χ1) is 12.5. The van der Waals surface area contributed by atoms with E-state index in [1.807, 2.05) is 36.6 Å². The number of nitrogens with one attached hydrogen (secondary N) is 1. The Labute approximate surface area is 161 Å². The van der Waals surface area contributed by atoms with Crippen LogP contribution in [0.1, 0.15) is 52.7 Å². The highest BCUT2D eigenvalue weighted by atomic mass is 32.1. The molecule has 1 aromatic carbocycles. The van der Waals surface area contributed by atoms with Gasteiger partial charge in [0.2, 0.25) is 5.91 Å². The molecule has 0 spiro atoms. The second-order valence-electron chi connectivity index (χ2n) is 7.04. The zero-order chi connectivity index (χ0) is 18.9. The second kappa shape index (κ2) is 10.3. The van der Waals surface area contributed by atoms with E-state index in [2.05, 4.69) is 31.1 Å². The molecule has 1 heterocycles. The minimum Gasteiger partial charge on any atom is -0.493 e. The van der Waals surface area contributed by atoms with Crippen molar-refractivity contribution in [2.75, 3.05) is 6.61 Å². The van der Waals surface area contributed by atoms with Crippen molar-refractivity contribution in [3.8, 4) is 16.3 Å². The van der Waals surface area contributed by atoms with Crippen molar-refractivity contribution >= 4 is 17.2 Å². The van der Waals surface area contributed by atoms with Crippen molar-refractivity contribution in [3.05, 3.63) is 35.3 Å². The second-order valence-corrected chi connectivity index (χ2v) is 7.90. The molecule has 1 N–H and O–H groups in total. The zero-order valence-electron chi connectivity index (χ0n) is 16.2. The number of carbonyl (C=O) groups excluding carboxylic acids is 1. The molecule has 26 heavy (non-hydrogen) atoms. The number of benzene rings is 1. The highest BCUT2D eigenvalue weighted by molar-refractivity contribution is 7.13. The number of carbonyl (C=O) groups is 1. The van der Waals surface area contributed by atoms with E-state index in [0.717, 1.165) is 34.9 Å². The number of ether oxygens (including phenoxy) is 1. The number of hydrogen-bond donors (Lipinski definition) is 1. The highest BCUT2D eigenvalue weighted by Gasteiger charge is 2.13. The van der Waals surface area contributed by atoms with Crippen LogP contribution in [0.3, 0.4) is 0 Å². The van der Waals surface area contributed by atoms with Crippen LogP contribution in [0.25, 0.3) is 10.6 Å². The summed E-state index contributed by atoms with van der Waals surface area (Å²) in [5.74, 6) is 1.59. The maximum atomic E-state index is 12.3. The monoisotopic (exact) mass is 374 g/mol. The van der Waals surface area contributed by atoms with E-state index in [9.17, 15) is 4.79 Å². The third-order valence-electron chi connectivity index (χ3n) is 4.14. The molecule has 1 unspecified atom stereocenters. The van der Waals surface area contributed by atoms with Gasteiger partial charge in [-0.3, -0.25) is 4.79 Å². The van der Waals surface area contributed by atoms with Crippen molar-refractivity contribution in [3.63, 3.8) is 0 Å². The summed E-state index contributed by atoms with van der Waals surface area (Å²) < 4.78 is 5.68. The van der Waals surface area contributed by atoms with E-state index in [-0.39, 0.29) is 11.9 Å². The van der Waals surface area contributed by atoms with Crippen LogP contribution in [0, 0.1) is 5.92 Å². The maximum absolute atomic E-state index is 12.3. The molecule has 0 saturated carbocycles. The molecule has 0 bridgehead atoms. The Morgan fingerprint density at radius 1 is 1.23 bits per heavy atom. The SMILES string of the molecule is CCOc1ccccc1-c1nc(CC(=O)NC(C)CCCC(C)C)cs1. The van der Waals surface area contributed by atoms with E-state index in [4.69, 9.17) is 4.74 Å². The van der Waals surface area contributed by atoms with E-state index in [1.54, 1.807) is 11.3 Å². The first kappa shape index (κ1) is 20.4. The van der Waals surface area contributed by atoms with E-state index in [1.165, 1.54) is 6.42 Å². The van der Waals surface area contributed by atoms with Gasteiger partial charge in [-0.25, -0.2) is 4.98 Å². The summed E-state index contributed by atoms with van der Waals surface area (Å²) in [6.07, 6.45) is 3.69. The van der Waals surface area contributed by atoms with E-state index < -0.39 is 0 Å². The van der Waals surface area contributed by atoms with Gasteiger partial charge in [0.1, 0.15) is 10.8 Å². The first-order valence-corrected chi connectivity index (χ1v) is 10.3. The van der Waals surface area contributed by atoms with Crippen molar-refractivity contribution in [1.29, 1.82) is 0 Å². The third kappa shape index (κ3) is 6.45. The predicted octanol–water partition coefficient (Wildman–Crippen LogP) is 5.08. The predicted molar refractivity (Wildman–Crippen MR) is 109 cm³/mol. The Kier molecular flexibility index (Phi) is 8.10. The summed E-state index contributed by atoms with van der Waals surface area (Å²) in [5, 5.41) is 5.93. The molecule has 0 aliphatic heterocycles. The summed E-state index contributed by atoms with van der Waals surface area (Å²) in [4.78, 5) is 16.9. The Morgan fingerprint density at radius 2 is 2.00 bits per heavy atom. The Hall–Kier alpha value is -1.88. The fourth-order valence-electron chi connectivity index (χ4n) is 2.83. The minimum atomic E-state index is 0.0389. The number of aromatic nitrogens is 1. The van der Waals surface area contributed by atoms with Gasteiger partial charge < -0.3 is 10.1 Å². The first-order valence-electron chi connectivity index (χ1n) is 9.45. The molecule has 0 fully saturated rings. The quantitative estimate of drug-likeness (QED) is 0.631. The molecule has 0 radical (unpaired) electrons. The largest absolute Gasteiger partial charge is 0.493 e. The van der Waals surface area contributed by atoms with E-state index >= 15 is 0 Å². The van der Waals surface area contributed by atoms with Crippen LogP contribution in [0.5, 0.6) is 5.75 Å². The molecule has 1 amide bonds. The molecule has 2 aromatic rings. The lowest BCUT2D eigenvalue weighted by Crippen LogP contribution is -2.33. The topological polar surface area (TPSA) is 51.2 Å². The van der Waals surface area contributed by atoms with Crippen LogP contribution in [-0.4, -0.2) is 23.5 Å². The lowest BCUT2D eigenvalue weighted by atomic mass is 10.0. The van der Waals surface area contributed by atoms with Gasteiger partial charge in [-0.05, 0) is 38.3 Å². The van der Waals surface area contributed by atoms with Gasteiger partial charge in [-0.1, -0.05) is 38.8 Å². The standard InChI is InChI=1S/C21H30N2O2S/c1-5-25-19-12-7-6-11-18(19)21-23-17(14-26-21)13-20(24)22-16(4)10-8-9-15(2)3/h6-7,11-12,14-16H,5,8-10,13H2,1-4H3,(H,22,24). The van der Waals surface area contributed by atoms with Gasteiger partial charge in [0.15, 0.2) is 0 Å². The van der Waals surface area contributed by atoms with Gasteiger partial charge in [-0.2, -0.15) is 0 Å². The zero-order valence-corrected chi connectivity index (χ0v) is 17.1. The van der Waals surface area contributed by atoms with Crippen molar-refractivity contribution in [2.24, 2.45) is 5.92 Å². The average molecular weight is 375 g/mol. The average Bonchev–Trinajstić information content (AvgIpc) is 3.03. The molecule has 2 rings (SSSR count). The molecule has 5 heteroatoms. The van der Waals surface area contributed by atoms with Gasteiger partial charge >= 0.3 is 0 Å². The highest BCUT2D eigenvalue weighted by Crippen LogP contribution is 2.32. The van der Waals surface area contributed by atoms with Gasteiger partial charge in [0.05, 0.1) is 24.3 Å². The van der Waals surface area contributed by atoms with Crippen LogP contribution >= 0.6 is 11.3 Å². The molecular formula is C21H30N2O2S. The van der Waals surface area contributed by atoms with Crippen LogP contribution in [0.4, 0.5) is 0 Å². The number of nitrogens with zero attached hydrogens (tertiary/aromatic N) is 1. The molecule has 0 aliphatic carbocycles. The number of hydrogen-bond acceptors (Lipinski definition) is 4. The normalized spacial score (nSPS) is 12.2. The van der Waals surface area contributed by atoms with Crippen molar-refractivity contribution in [2.45, 2.75) is 59.4 Å². The molecule has 142 valence electrons. The summed E-state index contributed by atoms with van der Waals surface area (Å²) in [6, 6.07) is 8.09. The van der Waals surface area contributed by atoms with Crippen LogP contribution < -0.4 is 10.1 Å². The molecule has 4 nitrogen and oxygen atoms in total. The van der Waals surface area contributed by atoms with Crippen LogP contribution in [0.2, 0.25) is 0 Å². The summed E-state index contributed by atoms with van der Waals surface area (Å²) in [7, 11) is 0. The van der Waals surface area contributed by atoms with Crippen LogP contribution in [0.15, 0.2) is 29.6 Å². The van der Waals surface area contributed by atoms with Gasteiger partial charge in [-0.15, -0.1) is 11.3 Å². The lowest BCUT2D eigenvalue weighted by Gasteiger charge is -2.14. The Balaban J connectivity index is 1.91. The number of thiazole rings is 1. The summed E-state index contributed by atoms with van der Waals surface area (Å²) >= 11 is 1.55.